The van der Waals surface area contributed by atoms with Crippen LogP contribution in [0.3, 0.4) is 0 Å². The Hall–Kier alpha value is -2.98. The maximum Gasteiger partial charge on any atom is 0.167 e. The number of benzene rings is 2. The first-order chi connectivity index (χ1) is 12.7. The van der Waals surface area contributed by atoms with Crippen LogP contribution in [0.5, 0.6) is 0 Å². The molecule has 2 N–H and O–H groups in total. The molecule has 0 fully saturated rings. The third-order valence-electron chi connectivity index (χ3n) is 4.57. The molecule has 0 spiro atoms. The van der Waals surface area contributed by atoms with Crippen LogP contribution in [-0.2, 0) is 6.42 Å². The van der Waals surface area contributed by atoms with Crippen molar-refractivity contribution in [2.75, 3.05) is 0 Å². The number of pyridine rings is 1. The fourth-order valence-corrected chi connectivity index (χ4v) is 3.02. The lowest BCUT2D eigenvalue weighted by Gasteiger charge is -2.05. The summed E-state index contributed by atoms with van der Waals surface area (Å²) in [7, 11) is 0. The van der Waals surface area contributed by atoms with E-state index in [1.807, 2.05) is 31.3 Å². The molecule has 4 nitrogen and oxygen atoms in total. The van der Waals surface area contributed by atoms with E-state index in [-0.39, 0.29) is 6.04 Å². The van der Waals surface area contributed by atoms with Gasteiger partial charge < -0.3 is 10.3 Å². The number of hydrogen-bond donors (Lipinski definition) is 1. The maximum atomic E-state index is 5.83. The molecular weight excluding hydrogens is 322 g/mol. The summed E-state index contributed by atoms with van der Waals surface area (Å²) in [6, 6.07) is 18.8. The molecule has 0 unspecified atom stereocenters. The first kappa shape index (κ1) is 16.5. The SMILES string of the molecule is C[C@@H](N)CCc1ccc(-c2cc(-c3ccc4cnccc4c3)no2)cc1. The topological polar surface area (TPSA) is 64.9 Å². The minimum Gasteiger partial charge on any atom is -0.356 e. The zero-order valence-corrected chi connectivity index (χ0v) is 14.7. The molecule has 0 saturated carbocycles. The first-order valence-electron chi connectivity index (χ1n) is 8.85. The van der Waals surface area contributed by atoms with E-state index in [9.17, 15) is 0 Å². The Labute approximate surface area is 152 Å². The van der Waals surface area contributed by atoms with Crippen LogP contribution in [0.4, 0.5) is 0 Å². The Morgan fingerprint density at radius 1 is 0.962 bits per heavy atom. The lowest BCUT2D eigenvalue weighted by Crippen LogP contribution is -2.15. The van der Waals surface area contributed by atoms with Crippen LogP contribution in [-0.4, -0.2) is 16.2 Å². The molecule has 0 aliphatic heterocycles. The molecule has 4 heteroatoms. The summed E-state index contributed by atoms with van der Waals surface area (Å²) in [5, 5.41) is 6.50. The molecule has 0 amide bonds. The summed E-state index contributed by atoms with van der Waals surface area (Å²) >= 11 is 0. The average Bonchev–Trinajstić information content (AvgIpc) is 3.16. The van der Waals surface area contributed by atoms with Crippen LogP contribution < -0.4 is 5.73 Å². The Morgan fingerprint density at radius 2 is 1.77 bits per heavy atom. The van der Waals surface area contributed by atoms with Crippen molar-refractivity contribution in [3.8, 4) is 22.6 Å². The van der Waals surface area contributed by atoms with Gasteiger partial charge in [0.25, 0.3) is 0 Å². The molecule has 0 aliphatic rings. The third kappa shape index (κ3) is 3.51. The quantitative estimate of drug-likeness (QED) is 0.563. The number of nitrogens with two attached hydrogens (primary N) is 1. The molecule has 2 aromatic carbocycles. The van der Waals surface area contributed by atoms with Gasteiger partial charge in [-0.2, -0.15) is 0 Å². The van der Waals surface area contributed by atoms with Gasteiger partial charge in [0.05, 0.1) is 0 Å². The van der Waals surface area contributed by atoms with Crippen LogP contribution in [0, 0.1) is 0 Å². The second-order valence-corrected chi connectivity index (χ2v) is 6.73. The zero-order chi connectivity index (χ0) is 17.9. The van der Waals surface area contributed by atoms with Gasteiger partial charge in [-0.15, -0.1) is 0 Å². The zero-order valence-electron chi connectivity index (χ0n) is 14.7. The molecule has 26 heavy (non-hydrogen) atoms. The van der Waals surface area contributed by atoms with E-state index >= 15 is 0 Å². The molecule has 130 valence electrons. The van der Waals surface area contributed by atoms with Crippen molar-refractivity contribution < 1.29 is 4.52 Å². The van der Waals surface area contributed by atoms with E-state index in [1.165, 1.54) is 5.56 Å². The number of rotatable bonds is 5. The molecule has 2 aromatic heterocycles. The molecule has 0 radical (unpaired) electrons. The number of hydrogen-bond acceptors (Lipinski definition) is 4. The normalized spacial score (nSPS) is 12.4. The highest BCUT2D eigenvalue weighted by molar-refractivity contribution is 5.86. The fourth-order valence-electron chi connectivity index (χ4n) is 3.02. The highest BCUT2D eigenvalue weighted by Crippen LogP contribution is 2.28. The molecule has 1 atom stereocenters. The monoisotopic (exact) mass is 343 g/mol. The van der Waals surface area contributed by atoms with Crippen molar-refractivity contribution in [1.29, 1.82) is 0 Å². The lowest BCUT2D eigenvalue weighted by molar-refractivity contribution is 0.435. The minimum atomic E-state index is 0.226. The lowest BCUT2D eigenvalue weighted by atomic mass is 10.0. The second kappa shape index (κ2) is 7.10. The predicted molar refractivity (Wildman–Crippen MR) is 105 cm³/mol. The van der Waals surface area contributed by atoms with Crippen LogP contribution >= 0.6 is 0 Å². The standard InChI is InChI=1S/C22H21N3O/c1-15(23)2-3-16-4-6-17(7-5-16)22-13-21(25-26-22)19-8-9-20-14-24-11-10-18(20)12-19/h4-15H,2-3,23H2,1H3/t15-/m1/s1. The van der Waals surface area contributed by atoms with Gasteiger partial charge >= 0.3 is 0 Å². The Bertz CT molecular complexity index is 1020. The molecule has 0 bridgehead atoms. The van der Waals surface area contributed by atoms with Gasteiger partial charge in [-0.25, -0.2) is 0 Å². The van der Waals surface area contributed by atoms with Gasteiger partial charge in [-0.05, 0) is 42.8 Å². The van der Waals surface area contributed by atoms with Crippen LogP contribution in [0.2, 0.25) is 0 Å². The maximum absolute atomic E-state index is 5.83. The Kier molecular flexibility index (Phi) is 4.50. The highest BCUT2D eigenvalue weighted by atomic mass is 16.5. The van der Waals surface area contributed by atoms with Crippen LogP contribution in [0.15, 0.2) is 71.5 Å². The number of aromatic nitrogens is 2. The Morgan fingerprint density at radius 3 is 2.58 bits per heavy atom. The van der Waals surface area contributed by atoms with Gasteiger partial charge in [0.1, 0.15) is 5.69 Å². The summed E-state index contributed by atoms with van der Waals surface area (Å²) < 4.78 is 5.57. The van der Waals surface area contributed by atoms with Crippen molar-refractivity contribution in [2.24, 2.45) is 5.73 Å². The van der Waals surface area contributed by atoms with E-state index in [0.717, 1.165) is 46.2 Å². The average molecular weight is 343 g/mol. The fraction of sp³-hybridized carbons (Fsp3) is 0.182. The molecule has 0 saturated heterocycles. The van der Waals surface area contributed by atoms with E-state index in [4.69, 9.17) is 10.3 Å². The molecule has 2 heterocycles. The number of aryl methyl sites for hydroxylation is 1. The molecule has 4 aromatic rings. The van der Waals surface area contributed by atoms with Crippen molar-refractivity contribution in [3.63, 3.8) is 0 Å². The number of fused-ring (bicyclic) bond motifs is 1. The van der Waals surface area contributed by atoms with Crippen LogP contribution in [0.1, 0.15) is 18.9 Å². The Balaban J connectivity index is 1.57. The summed E-state index contributed by atoms with van der Waals surface area (Å²) in [6.07, 6.45) is 5.64. The van der Waals surface area contributed by atoms with Gasteiger partial charge in [0.15, 0.2) is 5.76 Å². The van der Waals surface area contributed by atoms with Crippen molar-refractivity contribution in [2.45, 2.75) is 25.8 Å². The van der Waals surface area contributed by atoms with Crippen LogP contribution in [0.25, 0.3) is 33.4 Å². The molecule has 4 rings (SSSR count). The third-order valence-corrected chi connectivity index (χ3v) is 4.57. The first-order valence-corrected chi connectivity index (χ1v) is 8.85. The second-order valence-electron chi connectivity index (χ2n) is 6.73. The van der Waals surface area contributed by atoms with E-state index < -0.39 is 0 Å². The largest absolute Gasteiger partial charge is 0.356 e. The van der Waals surface area contributed by atoms with Crippen molar-refractivity contribution in [1.82, 2.24) is 10.1 Å². The molecular formula is C22H21N3O. The summed E-state index contributed by atoms with van der Waals surface area (Å²) in [6.45, 7) is 2.04. The summed E-state index contributed by atoms with van der Waals surface area (Å²) in [4.78, 5) is 4.15. The summed E-state index contributed by atoms with van der Waals surface area (Å²) in [5.74, 6) is 0.772. The smallest absolute Gasteiger partial charge is 0.167 e. The van der Waals surface area contributed by atoms with Gasteiger partial charge in [0, 0.05) is 41.0 Å². The van der Waals surface area contributed by atoms with E-state index in [2.05, 4.69) is 46.5 Å². The van der Waals surface area contributed by atoms with E-state index in [0.29, 0.717) is 0 Å². The predicted octanol–water partition coefficient (Wildman–Crippen LogP) is 4.84. The highest BCUT2D eigenvalue weighted by Gasteiger charge is 2.09. The van der Waals surface area contributed by atoms with Gasteiger partial charge in [-0.3, -0.25) is 4.98 Å². The van der Waals surface area contributed by atoms with Crippen molar-refractivity contribution >= 4 is 10.8 Å². The van der Waals surface area contributed by atoms with E-state index in [1.54, 1.807) is 6.20 Å². The number of nitrogens with zero attached hydrogens (tertiary/aromatic N) is 2. The van der Waals surface area contributed by atoms with Gasteiger partial charge in [-0.1, -0.05) is 41.6 Å². The van der Waals surface area contributed by atoms with Crippen molar-refractivity contribution in [3.05, 3.63) is 72.6 Å². The van der Waals surface area contributed by atoms with Gasteiger partial charge in [0.2, 0.25) is 0 Å². The summed E-state index contributed by atoms with van der Waals surface area (Å²) in [5.41, 5.74) is 10.0. The molecule has 0 aliphatic carbocycles. The minimum absolute atomic E-state index is 0.226.